The Morgan fingerprint density at radius 2 is 1.93 bits per heavy atom. The number of amides is 1. The average Bonchev–Trinajstić information content (AvgIpc) is 3.02. The van der Waals surface area contributed by atoms with Crippen LogP contribution in [-0.2, 0) is 16.2 Å². The molecule has 3 aliphatic rings. The van der Waals surface area contributed by atoms with Gasteiger partial charge in [-0.1, -0.05) is 49.9 Å². The summed E-state index contributed by atoms with van der Waals surface area (Å²) in [6, 6.07) is 8.18. The standard InChI is InChI=1S/C23H36N4O3/c1-16-26-21(27-30-16)18-10-8-17(9-11-18)14-25-22(29)23(12-13-24-15-20(23)28)19-6-4-2-3-5-7-19/h8-11,16,19-21,24,26-28H,2-7,12-15H2,1H3,(H,25,29). The van der Waals surface area contributed by atoms with Crippen molar-refractivity contribution in [2.45, 2.75) is 76.9 Å². The Labute approximate surface area is 179 Å². The van der Waals surface area contributed by atoms with E-state index in [2.05, 4.69) is 21.4 Å². The lowest BCUT2D eigenvalue weighted by molar-refractivity contribution is -0.148. The van der Waals surface area contributed by atoms with E-state index in [0.717, 1.165) is 43.4 Å². The third kappa shape index (κ3) is 4.55. The second-order valence-electron chi connectivity index (χ2n) is 9.10. The van der Waals surface area contributed by atoms with E-state index in [1.165, 1.54) is 12.8 Å². The highest BCUT2D eigenvalue weighted by Crippen LogP contribution is 2.44. The molecule has 1 aromatic rings. The number of piperidine rings is 1. The van der Waals surface area contributed by atoms with E-state index in [9.17, 15) is 9.90 Å². The lowest BCUT2D eigenvalue weighted by Gasteiger charge is -2.45. The van der Waals surface area contributed by atoms with Gasteiger partial charge >= 0.3 is 0 Å². The fourth-order valence-corrected chi connectivity index (χ4v) is 5.42. The van der Waals surface area contributed by atoms with Gasteiger partial charge in [0.25, 0.3) is 0 Å². The number of β-amino-alcohol motifs (C(OH)–C–C–N with tert-alkyl or cyclic N) is 1. The molecule has 7 nitrogen and oxygen atoms in total. The van der Waals surface area contributed by atoms with Crippen LogP contribution in [0.4, 0.5) is 0 Å². The molecule has 4 rings (SSSR count). The summed E-state index contributed by atoms with van der Waals surface area (Å²) in [5.74, 6) is 0.287. The lowest BCUT2D eigenvalue weighted by Crippen LogP contribution is -2.60. The molecule has 5 N–H and O–H groups in total. The molecule has 2 saturated heterocycles. The summed E-state index contributed by atoms with van der Waals surface area (Å²) in [7, 11) is 0. The molecule has 2 heterocycles. The van der Waals surface area contributed by atoms with Crippen LogP contribution in [-0.4, -0.2) is 36.4 Å². The number of hydrogen-bond donors (Lipinski definition) is 5. The van der Waals surface area contributed by atoms with Crippen LogP contribution in [0.25, 0.3) is 0 Å². The highest BCUT2D eigenvalue weighted by Gasteiger charge is 2.51. The molecule has 0 aromatic heterocycles. The first kappa shape index (κ1) is 21.7. The van der Waals surface area contributed by atoms with Crippen LogP contribution in [0.5, 0.6) is 0 Å². The van der Waals surface area contributed by atoms with Gasteiger partial charge in [-0.2, -0.15) is 5.48 Å². The van der Waals surface area contributed by atoms with Crippen LogP contribution in [0, 0.1) is 11.3 Å². The normalized spacial score (nSPS) is 33.2. The molecule has 1 aliphatic carbocycles. The number of aliphatic hydroxyl groups excluding tert-OH is 1. The number of hydroxylamine groups is 1. The second-order valence-corrected chi connectivity index (χ2v) is 9.10. The molecule has 7 heteroatoms. The zero-order valence-corrected chi connectivity index (χ0v) is 18.0. The molecule has 30 heavy (non-hydrogen) atoms. The molecule has 2 aliphatic heterocycles. The maximum absolute atomic E-state index is 13.5. The van der Waals surface area contributed by atoms with Crippen LogP contribution < -0.4 is 21.4 Å². The number of nitrogens with one attached hydrogen (secondary N) is 4. The Kier molecular flexibility index (Phi) is 7.05. The van der Waals surface area contributed by atoms with Crippen molar-refractivity contribution in [3.63, 3.8) is 0 Å². The van der Waals surface area contributed by atoms with E-state index in [1.807, 2.05) is 31.2 Å². The predicted octanol–water partition coefficient (Wildman–Crippen LogP) is 2.08. The molecule has 4 atom stereocenters. The Hall–Kier alpha value is -1.51. The summed E-state index contributed by atoms with van der Waals surface area (Å²) < 4.78 is 0. The molecule has 3 fully saturated rings. The van der Waals surface area contributed by atoms with Gasteiger partial charge in [0, 0.05) is 13.1 Å². The molecule has 0 radical (unpaired) electrons. The van der Waals surface area contributed by atoms with Crippen LogP contribution >= 0.6 is 0 Å². The van der Waals surface area contributed by atoms with Gasteiger partial charge in [0.05, 0.1) is 11.5 Å². The van der Waals surface area contributed by atoms with Crippen LogP contribution in [0.2, 0.25) is 0 Å². The van der Waals surface area contributed by atoms with Gasteiger partial charge in [-0.15, -0.1) is 0 Å². The summed E-state index contributed by atoms with van der Waals surface area (Å²) in [6.45, 7) is 3.72. The fourth-order valence-electron chi connectivity index (χ4n) is 5.42. The van der Waals surface area contributed by atoms with E-state index in [1.54, 1.807) is 0 Å². The molecule has 4 unspecified atom stereocenters. The zero-order chi connectivity index (χ0) is 21.0. The van der Waals surface area contributed by atoms with Gasteiger partial charge < -0.3 is 15.7 Å². The quantitative estimate of drug-likeness (QED) is 0.472. The van der Waals surface area contributed by atoms with Crippen molar-refractivity contribution in [1.29, 1.82) is 0 Å². The van der Waals surface area contributed by atoms with E-state index in [0.29, 0.717) is 19.5 Å². The van der Waals surface area contributed by atoms with Crippen molar-refractivity contribution in [1.82, 2.24) is 21.4 Å². The minimum Gasteiger partial charge on any atom is -0.391 e. The highest BCUT2D eigenvalue weighted by atomic mass is 16.7. The summed E-state index contributed by atoms with van der Waals surface area (Å²) >= 11 is 0. The van der Waals surface area contributed by atoms with Crippen LogP contribution in [0.1, 0.15) is 69.2 Å². The molecule has 1 aromatic carbocycles. The Balaban J connectivity index is 1.42. The van der Waals surface area contributed by atoms with Crippen molar-refractivity contribution in [3.05, 3.63) is 35.4 Å². The van der Waals surface area contributed by atoms with Gasteiger partial charge in [0.2, 0.25) is 5.91 Å². The third-order valence-corrected chi connectivity index (χ3v) is 7.18. The SMILES string of the molecule is CC1NC(c2ccc(CNC(=O)C3(C4CCCCCC4)CCNCC3O)cc2)NO1. The van der Waals surface area contributed by atoms with E-state index >= 15 is 0 Å². The van der Waals surface area contributed by atoms with Crippen molar-refractivity contribution in [2.75, 3.05) is 13.1 Å². The Bertz CT molecular complexity index is 705. The maximum atomic E-state index is 13.5. The molecule has 0 spiro atoms. The molecule has 166 valence electrons. The van der Waals surface area contributed by atoms with Crippen molar-refractivity contribution < 1.29 is 14.7 Å². The monoisotopic (exact) mass is 416 g/mol. The summed E-state index contributed by atoms with van der Waals surface area (Å²) in [4.78, 5) is 18.8. The Morgan fingerprint density at radius 1 is 1.20 bits per heavy atom. The van der Waals surface area contributed by atoms with Gasteiger partial charge in [-0.05, 0) is 49.8 Å². The number of aliphatic hydroxyl groups is 1. The van der Waals surface area contributed by atoms with Crippen molar-refractivity contribution in [3.8, 4) is 0 Å². The number of carbonyl (C=O) groups is 1. The first-order chi connectivity index (χ1) is 14.6. The highest BCUT2D eigenvalue weighted by molar-refractivity contribution is 5.84. The van der Waals surface area contributed by atoms with Crippen LogP contribution in [0.15, 0.2) is 24.3 Å². The molecule has 1 amide bonds. The second kappa shape index (κ2) is 9.75. The largest absolute Gasteiger partial charge is 0.391 e. The summed E-state index contributed by atoms with van der Waals surface area (Å²) in [5, 5.41) is 20.7. The maximum Gasteiger partial charge on any atom is 0.229 e. The molecule has 1 saturated carbocycles. The average molecular weight is 417 g/mol. The van der Waals surface area contributed by atoms with Crippen LogP contribution in [0.3, 0.4) is 0 Å². The first-order valence-electron chi connectivity index (χ1n) is 11.5. The minimum absolute atomic E-state index is 0.0213. The smallest absolute Gasteiger partial charge is 0.229 e. The number of hydrogen-bond acceptors (Lipinski definition) is 6. The van der Waals surface area contributed by atoms with Crippen molar-refractivity contribution >= 4 is 5.91 Å². The number of rotatable bonds is 5. The topological polar surface area (TPSA) is 94.7 Å². The van der Waals surface area contributed by atoms with Gasteiger partial charge in [-0.25, -0.2) is 0 Å². The fraction of sp³-hybridized carbons (Fsp3) is 0.696. The lowest BCUT2D eigenvalue weighted by atomic mass is 9.64. The van der Waals surface area contributed by atoms with E-state index < -0.39 is 11.5 Å². The Morgan fingerprint density at radius 3 is 2.57 bits per heavy atom. The minimum atomic E-state index is -0.666. The molecule has 0 bridgehead atoms. The van der Waals surface area contributed by atoms with E-state index in [4.69, 9.17) is 4.84 Å². The van der Waals surface area contributed by atoms with Gasteiger partial charge in [0.15, 0.2) is 0 Å². The number of benzene rings is 1. The summed E-state index contributed by atoms with van der Waals surface area (Å²) in [6.07, 6.45) is 6.92. The molecular weight excluding hydrogens is 380 g/mol. The first-order valence-corrected chi connectivity index (χ1v) is 11.5. The third-order valence-electron chi connectivity index (χ3n) is 7.18. The van der Waals surface area contributed by atoms with E-state index in [-0.39, 0.29) is 24.2 Å². The number of carbonyl (C=O) groups excluding carboxylic acids is 1. The van der Waals surface area contributed by atoms with Gasteiger partial charge in [0.1, 0.15) is 12.4 Å². The zero-order valence-electron chi connectivity index (χ0n) is 18.0. The summed E-state index contributed by atoms with van der Waals surface area (Å²) in [5.41, 5.74) is 4.46. The molecular formula is C23H36N4O3. The van der Waals surface area contributed by atoms with Crippen molar-refractivity contribution in [2.24, 2.45) is 11.3 Å². The predicted molar refractivity (Wildman–Crippen MR) is 115 cm³/mol. The van der Waals surface area contributed by atoms with Gasteiger partial charge in [-0.3, -0.25) is 14.9 Å².